The van der Waals surface area contributed by atoms with Crippen molar-refractivity contribution in [2.24, 2.45) is 5.14 Å². The van der Waals surface area contributed by atoms with Crippen LogP contribution in [0, 0.1) is 0 Å². The number of hydrogen-bond donors (Lipinski definition) is 1. The molecule has 0 spiro atoms. The van der Waals surface area contributed by atoms with Gasteiger partial charge in [0.1, 0.15) is 0 Å². The quantitative estimate of drug-likeness (QED) is 0.551. The summed E-state index contributed by atoms with van der Waals surface area (Å²) in [4.78, 5) is 0. The fraction of sp³-hybridized carbons (Fsp3) is 1.00. The largest absolute Gasteiger partial charge is 0.436 e. The molecule has 0 aromatic heterocycles. The zero-order chi connectivity index (χ0) is 7.00. The van der Waals surface area contributed by atoms with E-state index in [1.165, 1.54) is 0 Å². The maximum Gasteiger partial charge on any atom is 0.436 e. The number of halogens is 3. The van der Waals surface area contributed by atoms with Crippen molar-refractivity contribution in [3.8, 4) is 0 Å². The first-order valence-electron chi connectivity index (χ1n) is 1.82. The molecule has 0 aromatic carbocycles. The first-order chi connectivity index (χ1) is 3.25. The number of alkyl halides is 3. The van der Waals surface area contributed by atoms with Gasteiger partial charge < -0.3 is 0 Å². The minimum Gasteiger partial charge on any atom is -0.288 e. The second-order valence-corrected chi connectivity index (χ2v) is 5.13. The molecule has 0 bridgehead atoms. The Hall–Kier alpha value is 0.100. The lowest BCUT2D eigenvalue weighted by molar-refractivity contribution is -0.0375. The molecule has 8 heavy (non-hydrogen) atoms. The van der Waals surface area contributed by atoms with Gasteiger partial charge in [-0.3, -0.25) is 5.14 Å². The minimum absolute atomic E-state index is 1.01. The maximum absolute atomic E-state index is 11.5. The van der Waals surface area contributed by atoms with Crippen molar-refractivity contribution in [1.29, 1.82) is 0 Å². The monoisotopic (exact) mass is 147 g/mol. The van der Waals surface area contributed by atoms with E-state index in [2.05, 4.69) is 0 Å². The van der Waals surface area contributed by atoms with E-state index in [1.807, 2.05) is 0 Å². The Labute approximate surface area is 47.5 Å². The van der Waals surface area contributed by atoms with Crippen LogP contribution in [0.4, 0.5) is 13.2 Å². The van der Waals surface area contributed by atoms with Crippen LogP contribution in [0.25, 0.3) is 0 Å². The summed E-state index contributed by atoms with van der Waals surface area (Å²) in [6.45, 7) is 0. The van der Waals surface area contributed by atoms with Crippen LogP contribution in [0.1, 0.15) is 0 Å². The normalized spacial score (nSPS) is 16.2. The first-order valence-corrected chi connectivity index (χ1v) is 4.34. The molecule has 0 unspecified atom stereocenters. The lowest BCUT2D eigenvalue weighted by atomic mass is 11.5. The van der Waals surface area contributed by atoms with Gasteiger partial charge in [-0.2, -0.15) is 13.2 Å². The number of rotatable bonds is 0. The van der Waals surface area contributed by atoms with E-state index in [0.29, 0.717) is 0 Å². The van der Waals surface area contributed by atoms with Crippen molar-refractivity contribution < 1.29 is 13.2 Å². The molecule has 0 fully saturated rings. The van der Waals surface area contributed by atoms with Gasteiger partial charge in [-0.1, -0.05) is 0 Å². The van der Waals surface area contributed by atoms with Gasteiger partial charge in [0.25, 0.3) is 0 Å². The topological polar surface area (TPSA) is 26.0 Å². The molecule has 0 radical (unpaired) electrons. The Bertz CT molecular complexity index is 69.5. The highest BCUT2D eigenvalue weighted by Gasteiger charge is 2.39. The van der Waals surface area contributed by atoms with Crippen molar-refractivity contribution in [3.63, 3.8) is 0 Å². The Balaban J connectivity index is 4.02. The van der Waals surface area contributed by atoms with Gasteiger partial charge in [-0.25, -0.2) is 0 Å². The summed E-state index contributed by atoms with van der Waals surface area (Å²) in [5, 5.41) is 4.77. The summed E-state index contributed by atoms with van der Waals surface area (Å²) in [7, 11) is -2.84. The molecule has 0 aliphatic rings. The molecule has 0 aliphatic carbocycles. The van der Waals surface area contributed by atoms with E-state index >= 15 is 0 Å². The van der Waals surface area contributed by atoms with Crippen LogP contribution >= 0.6 is 10.2 Å². The molecule has 0 aromatic rings. The van der Waals surface area contributed by atoms with Gasteiger partial charge in [-0.15, -0.1) is 10.2 Å². The lowest BCUT2D eigenvalue weighted by Gasteiger charge is -2.27. The molecule has 5 heteroatoms. The zero-order valence-corrected chi connectivity index (χ0v) is 5.44. The molecular weight excluding hydrogens is 139 g/mol. The predicted octanol–water partition coefficient (Wildman–Crippen LogP) is 1.44. The Morgan fingerprint density at radius 2 is 1.38 bits per heavy atom. The van der Waals surface area contributed by atoms with Gasteiger partial charge in [0, 0.05) is 0 Å². The Morgan fingerprint density at radius 3 is 1.38 bits per heavy atom. The molecule has 0 amide bonds. The third-order valence-electron chi connectivity index (χ3n) is 0.597. The first kappa shape index (κ1) is 8.10. The standard InChI is InChI=1S/C3H8F3NS/c1-8(2,7)3(4,5)6/h7H2,1-2H3. The highest BCUT2D eigenvalue weighted by atomic mass is 32.3. The van der Waals surface area contributed by atoms with E-state index in [4.69, 9.17) is 5.14 Å². The molecule has 1 nitrogen and oxygen atoms in total. The van der Waals surface area contributed by atoms with Crippen molar-refractivity contribution in [1.82, 2.24) is 0 Å². The van der Waals surface area contributed by atoms with Gasteiger partial charge in [-0.05, 0) is 12.5 Å². The summed E-state index contributed by atoms with van der Waals surface area (Å²) in [6, 6.07) is 0. The predicted molar refractivity (Wildman–Crippen MR) is 29.7 cm³/mol. The molecule has 0 saturated heterocycles. The summed E-state index contributed by atoms with van der Waals surface area (Å²) >= 11 is 0. The fourth-order valence-corrected chi connectivity index (χ4v) is 0. The Morgan fingerprint density at radius 1 is 1.25 bits per heavy atom. The molecular formula is C3H8F3NS. The van der Waals surface area contributed by atoms with E-state index in [-0.39, 0.29) is 0 Å². The molecule has 0 saturated carbocycles. The van der Waals surface area contributed by atoms with Crippen molar-refractivity contribution >= 4 is 10.2 Å². The summed E-state index contributed by atoms with van der Waals surface area (Å²) in [5.74, 6) is 0. The number of hydrogen-bond acceptors (Lipinski definition) is 1. The molecule has 0 aliphatic heterocycles. The van der Waals surface area contributed by atoms with Crippen LogP contribution in [-0.4, -0.2) is 18.0 Å². The average molecular weight is 147 g/mol. The molecule has 0 heterocycles. The fourth-order valence-electron chi connectivity index (χ4n) is 0. The molecule has 2 N–H and O–H groups in total. The summed E-state index contributed by atoms with van der Waals surface area (Å²) in [5.41, 5.74) is -4.20. The van der Waals surface area contributed by atoms with Crippen molar-refractivity contribution in [2.45, 2.75) is 5.51 Å². The minimum atomic E-state index is -4.20. The van der Waals surface area contributed by atoms with Crippen molar-refractivity contribution in [2.75, 3.05) is 12.5 Å². The number of nitrogens with two attached hydrogens (primary N) is 1. The highest BCUT2D eigenvalue weighted by Crippen LogP contribution is 2.49. The average Bonchev–Trinajstić information content (AvgIpc) is 1.25. The maximum atomic E-state index is 11.5. The van der Waals surface area contributed by atoms with Gasteiger partial charge >= 0.3 is 5.51 Å². The third-order valence-corrected chi connectivity index (χ3v) is 1.79. The second kappa shape index (κ2) is 1.80. The van der Waals surface area contributed by atoms with Gasteiger partial charge in [0.2, 0.25) is 0 Å². The molecule has 0 atom stereocenters. The lowest BCUT2D eigenvalue weighted by Crippen LogP contribution is -2.24. The van der Waals surface area contributed by atoms with Crippen LogP contribution in [-0.2, 0) is 0 Å². The second-order valence-electron chi connectivity index (χ2n) is 1.85. The highest BCUT2D eigenvalue weighted by molar-refractivity contribution is 8.31. The molecule has 52 valence electrons. The van der Waals surface area contributed by atoms with Crippen LogP contribution in [0.3, 0.4) is 0 Å². The summed E-state index contributed by atoms with van der Waals surface area (Å²) < 4.78 is 34.4. The van der Waals surface area contributed by atoms with E-state index < -0.39 is 15.7 Å². The van der Waals surface area contributed by atoms with Gasteiger partial charge in [0.05, 0.1) is 0 Å². The SMILES string of the molecule is CS(C)(N)C(F)(F)F. The van der Waals surface area contributed by atoms with Crippen LogP contribution < -0.4 is 5.14 Å². The van der Waals surface area contributed by atoms with Crippen molar-refractivity contribution in [3.05, 3.63) is 0 Å². The summed E-state index contributed by atoms with van der Waals surface area (Å²) in [6.07, 6.45) is 2.01. The van der Waals surface area contributed by atoms with Gasteiger partial charge in [0.15, 0.2) is 0 Å². The van der Waals surface area contributed by atoms with E-state index in [0.717, 1.165) is 12.5 Å². The molecule has 0 rings (SSSR count). The van der Waals surface area contributed by atoms with Crippen LogP contribution in [0.15, 0.2) is 0 Å². The zero-order valence-electron chi connectivity index (χ0n) is 4.62. The van der Waals surface area contributed by atoms with E-state index in [9.17, 15) is 13.2 Å². The smallest absolute Gasteiger partial charge is 0.288 e. The van der Waals surface area contributed by atoms with Crippen LogP contribution in [0.5, 0.6) is 0 Å². The van der Waals surface area contributed by atoms with E-state index in [1.54, 1.807) is 0 Å². The Kier molecular flexibility index (Phi) is 1.83. The van der Waals surface area contributed by atoms with Crippen LogP contribution in [0.2, 0.25) is 0 Å². The third kappa shape index (κ3) is 1.92.